The monoisotopic (exact) mass is 416 g/mol. The first-order valence-corrected chi connectivity index (χ1v) is 10.1. The van der Waals surface area contributed by atoms with E-state index >= 15 is 0 Å². The first-order chi connectivity index (χ1) is 15.9. The second-order valence-electron chi connectivity index (χ2n) is 7.31. The van der Waals surface area contributed by atoms with Crippen LogP contribution in [-0.4, -0.2) is 19.9 Å². The van der Waals surface area contributed by atoms with Gasteiger partial charge in [0.25, 0.3) is 0 Å². The first-order valence-electron chi connectivity index (χ1n) is 10.1. The Labute approximate surface area is 183 Å². The van der Waals surface area contributed by atoms with Crippen LogP contribution in [0.25, 0.3) is 55.9 Å². The number of pyridine rings is 2. The number of rotatable bonds is 4. The molecule has 0 N–H and O–H groups in total. The van der Waals surface area contributed by atoms with Crippen LogP contribution in [0.3, 0.4) is 0 Å². The van der Waals surface area contributed by atoms with Crippen molar-refractivity contribution in [2.45, 2.75) is 0 Å². The standard InChI is InChI=1S/C26H16N4O2/c1-2-4-24-22(18-12-20(16-28-14-18)26-30-8-10-32-26)6-5-21(23(24)3-1)17-11-19(15-27-13-17)25-29-7-9-31-25/h1-16H. The topological polar surface area (TPSA) is 77.8 Å². The van der Waals surface area contributed by atoms with E-state index in [1.54, 1.807) is 37.3 Å². The van der Waals surface area contributed by atoms with Crippen LogP contribution >= 0.6 is 0 Å². The SMILES string of the molecule is c1ccc2c(-c3cncc(-c4ncco4)c3)ccc(-c3cncc(-c4ncco4)c3)c2c1. The highest BCUT2D eigenvalue weighted by atomic mass is 16.3. The Morgan fingerprint density at radius 1 is 0.531 bits per heavy atom. The third kappa shape index (κ3) is 3.15. The molecule has 32 heavy (non-hydrogen) atoms. The van der Waals surface area contributed by atoms with E-state index in [4.69, 9.17) is 8.83 Å². The Hall–Kier alpha value is -4.58. The highest BCUT2D eigenvalue weighted by Crippen LogP contribution is 2.37. The van der Waals surface area contributed by atoms with Gasteiger partial charge in [0.1, 0.15) is 12.5 Å². The van der Waals surface area contributed by atoms with Gasteiger partial charge >= 0.3 is 0 Å². The van der Waals surface area contributed by atoms with Crippen LogP contribution in [0.1, 0.15) is 0 Å². The van der Waals surface area contributed by atoms with Crippen LogP contribution in [0.5, 0.6) is 0 Å². The largest absolute Gasteiger partial charge is 0.444 e. The summed E-state index contributed by atoms with van der Waals surface area (Å²) < 4.78 is 10.9. The van der Waals surface area contributed by atoms with Gasteiger partial charge in [-0.15, -0.1) is 0 Å². The van der Waals surface area contributed by atoms with Crippen molar-refractivity contribution in [3.63, 3.8) is 0 Å². The molecule has 4 aromatic heterocycles. The van der Waals surface area contributed by atoms with Crippen LogP contribution < -0.4 is 0 Å². The third-order valence-electron chi connectivity index (χ3n) is 5.38. The van der Waals surface area contributed by atoms with E-state index in [0.29, 0.717) is 11.8 Å². The summed E-state index contributed by atoms with van der Waals surface area (Å²) in [4.78, 5) is 17.3. The molecule has 0 spiro atoms. The minimum Gasteiger partial charge on any atom is -0.444 e. The Balaban J connectivity index is 1.50. The zero-order valence-corrected chi connectivity index (χ0v) is 16.8. The number of benzene rings is 2. The van der Waals surface area contributed by atoms with Crippen LogP contribution in [-0.2, 0) is 0 Å². The molecule has 0 saturated heterocycles. The van der Waals surface area contributed by atoms with Gasteiger partial charge in [-0.2, -0.15) is 0 Å². The van der Waals surface area contributed by atoms with Crippen molar-refractivity contribution in [3.8, 4) is 45.2 Å². The van der Waals surface area contributed by atoms with Crippen molar-refractivity contribution < 1.29 is 8.83 Å². The molecule has 6 rings (SSSR count). The van der Waals surface area contributed by atoms with Crippen LogP contribution in [0, 0.1) is 0 Å². The van der Waals surface area contributed by atoms with E-state index in [1.807, 2.05) is 36.7 Å². The Morgan fingerprint density at radius 2 is 1.00 bits per heavy atom. The van der Waals surface area contributed by atoms with Gasteiger partial charge in [0.05, 0.1) is 23.5 Å². The Kier molecular flexibility index (Phi) is 4.32. The molecule has 0 aliphatic rings. The summed E-state index contributed by atoms with van der Waals surface area (Å²) >= 11 is 0. The van der Waals surface area contributed by atoms with E-state index < -0.39 is 0 Å². The fourth-order valence-electron chi connectivity index (χ4n) is 3.94. The third-order valence-corrected chi connectivity index (χ3v) is 5.38. The number of nitrogens with zero attached hydrogens (tertiary/aromatic N) is 4. The lowest BCUT2D eigenvalue weighted by atomic mass is 9.92. The second kappa shape index (κ2) is 7.59. The molecule has 0 aliphatic heterocycles. The van der Waals surface area contributed by atoms with Gasteiger partial charge in [-0.3, -0.25) is 9.97 Å². The Morgan fingerprint density at radius 3 is 1.44 bits per heavy atom. The smallest absolute Gasteiger partial charge is 0.227 e. The molecule has 0 atom stereocenters. The number of hydrogen-bond donors (Lipinski definition) is 0. The second-order valence-corrected chi connectivity index (χ2v) is 7.31. The minimum atomic E-state index is 0.551. The van der Waals surface area contributed by atoms with Crippen molar-refractivity contribution in [2.75, 3.05) is 0 Å². The normalized spacial score (nSPS) is 11.1. The molecule has 4 heterocycles. The molecule has 0 bridgehead atoms. The summed E-state index contributed by atoms with van der Waals surface area (Å²) in [5.41, 5.74) is 5.83. The summed E-state index contributed by atoms with van der Waals surface area (Å²) in [5, 5.41) is 2.25. The van der Waals surface area contributed by atoms with Gasteiger partial charge in [-0.05, 0) is 34.0 Å². The molecule has 6 heteroatoms. The quantitative estimate of drug-likeness (QED) is 0.337. The lowest BCUT2D eigenvalue weighted by Gasteiger charge is -2.12. The Bertz CT molecular complexity index is 1410. The maximum Gasteiger partial charge on any atom is 0.227 e. The fourth-order valence-corrected chi connectivity index (χ4v) is 3.94. The van der Waals surface area contributed by atoms with Gasteiger partial charge in [0, 0.05) is 35.9 Å². The molecular formula is C26H16N4O2. The molecule has 2 aromatic carbocycles. The minimum absolute atomic E-state index is 0.551. The average molecular weight is 416 g/mol. The number of fused-ring (bicyclic) bond motifs is 1. The van der Waals surface area contributed by atoms with Crippen molar-refractivity contribution in [3.05, 3.63) is 98.2 Å². The van der Waals surface area contributed by atoms with E-state index in [-0.39, 0.29) is 0 Å². The highest BCUT2D eigenvalue weighted by Gasteiger charge is 2.13. The van der Waals surface area contributed by atoms with Gasteiger partial charge in [0.2, 0.25) is 11.8 Å². The zero-order chi connectivity index (χ0) is 21.3. The summed E-state index contributed by atoms with van der Waals surface area (Å²) in [6.45, 7) is 0. The van der Waals surface area contributed by atoms with Crippen LogP contribution in [0.2, 0.25) is 0 Å². The first kappa shape index (κ1) is 18.2. The van der Waals surface area contributed by atoms with Crippen molar-refractivity contribution in [2.24, 2.45) is 0 Å². The maximum atomic E-state index is 5.45. The zero-order valence-electron chi connectivity index (χ0n) is 16.8. The maximum absolute atomic E-state index is 5.45. The lowest BCUT2D eigenvalue weighted by Crippen LogP contribution is -1.89. The molecule has 0 amide bonds. The van der Waals surface area contributed by atoms with E-state index in [1.165, 1.54) is 0 Å². The number of aromatic nitrogens is 4. The van der Waals surface area contributed by atoms with Crippen molar-refractivity contribution in [1.82, 2.24) is 19.9 Å². The summed E-state index contributed by atoms with van der Waals surface area (Å²) in [6.07, 6.45) is 13.6. The van der Waals surface area contributed by atoms with Crippen LogP contribution in [0.4, 0.5) is 0 Å². The van der Waals surface area contributed by atoms with Gasteiger partial charge in [0.15, 0.2) is 0 Å². The van der Waals surface area contributed by atoms with E-state index in [2.05, 4.69) is 44.2 Å². The molecule has 0 saturated carbocycles. The van der Waals surface area contributed by atoms with Gasteiger partial charge in [-0.1, -0.05) is 36.4 Å². The highest BCUT2D eigenvalue weighted by molar-refractivity contribution is 6.05. The molecule has 6 nitrogen and oxygen atoms in total. The lowest BCUT2D eigenvalue weighted by molar-refractivity contribution is 0.574. The fraction of sp³-hybridized carbons (Fsp3) is 0. The molecule has 0 radical (unpaired) electrons. The molecule has 0 unspecified atom stereocenters. The van der Waals surface area contributed by atoms with Crippen molar-refractivity contribution in [1.29, 1.82) is 0 Å². The van der Waals surface area contributed by atoms with Gasteiger partial charge in [-0.25, -0.2) is 9.97 Å². The molecular weight excluding hydrogens is 400 g/mol. The summed E-state index contributed by atoms with van der Waals surface area (Å²) in [6, 6.07) is 16.7. The number of hydrogen-bond acceptors (Lipinski definition) is 6. The van der Waals surface area contributed by atoms with Crippen molar-refractivity contribution >= 4 is 10.8 Å². The summed E-state index contributed by atoms with van der Waals surface area (Å²) in [5.74, 6) is 1.10. The molecule has 152 valence electrons. The predicted molar refractivity (Wildman–Crippen MR) is 121 cm³/mol. The molecule has 0 aliphatic carbocycles. The summed E-state index contributed by atoms with van der Waals surface area (Å²) in [7, 11) is 0. The number of oxazole rings is 2. The molecule has 0 fully saturated rings. The van der Waals surface area contributed by atoms with E-state index in [9.17, 15) is 0 Å². The molecule has 6 aromatic rings. The van der Waals surface area contributed by atoms with Crippen LogP contribution in [0.15, 0.2) is 107 Å². The average Bonchev–Trinajstić information content (AvgIpc) is 3.59. The van der Waals surface area contributed by atoms with E-state index in [0.717, 1.165) is 44.2 Å². The van der Waals surface area contributed by atoms with Gasteiger partial charge < -0.3 is 8.83 Å². The predicted octanol–water partition coefficient (Wildman–Crippen LogP) is 6.27.